The van der Waals surface area contributed by atoms with Crippen LogP contribution >= 0.6 is 0 Å². The van der Waals surface area contributed by atoms with Crippen molar-refractivity contribution < 1.29 is 0 Å². The van der Waals surface area contributed by atoms with Gasteiger partial charge in [0, 0.05) is 11.1 Å². The maximum Gasteiger partial charge on any atom is 0.111 e. The first kappa shape index (κ1) is 13.0. The molecule has 1 nitrogen and oxygen atoms in total. The molecule has 0 aliphatic rings. The molecule has 0 saturated carbocycles. The molecule has 0 aliphatic carbocycles. The van der Waals surface area contributed by atoms with Crippen molar-refractivity contribution in [1.29, 1.82) is 0 Å². The van der Waals surface area contributed by atoms with Crippen molar-refractivity contribution in [2.75, 3.05) is 0 Å². The van der Waals surface area contributed by atoms with Gasteiger partial charge in [-0.15, -0.1) is 0 Å². The second kappa shape index (κ2) is 3.64. The summed E-state index contributed by atoms with van der Waals surface area (Å²) < 4.78 is 0. The van der Waals surface area contributed by atoms with Crippen molar-refractivity contribution in [3.05, 3.63) is 0 Å². The average molecular weight is 183 g/mol. The Labute approximate surface area is 85.1 Å². The van der Waals surface area contributed by atoms with Gasteiger partial charge < -0.3 is 5.32 Å². The molecule has 0 amide bonds. The average Bonchev–Trinajstić information content (AvgIpc) is 1.81. The lowest BCUT2D eigenvalue weighted by Crippen LogP contribution is -2.57. The third kappa shape index (κ3) is 3.72. The predicted octanol–water partition coefficient (Wildman–Crippen LogP) is 2.37. The lowest BCUT2D eigenvalue weighted by Gasteiger charge is -2.47. The van der Waals surface area contributed by atoms with E-state index in [1.807, 2.05) is 0 Å². The van der Waals surface area contributed by atoms with Gasteiger partial charge >= 0.3 is 0 Å². The van der Waals surface area contributed by atoms with Gasteiger partial charge in [0.25, 0.3) is 0 Å². The van der Waals surface area contributed by atoms with Gasteiger partial charge in [-0.05, 0) is 39.4 Å². The first-order chi connectivity index (χ1) is 5.52. The highest BCUT2D eigenvalue weighted by Gasteiger charge is 2.37. The topological polar surface area (TPSA) is 12.0 Å². The van der Waals surface area contributed by atoms with E-state index in [9.17, 15) is 0 Å². The molecular formula is C11H26BN. The first-order valence-corrected chi connectivity index (χ1v) is 5.31. The van der Waals surface area contributed by atoms with Crippen molar-refractivity contribution in [1.82, 2.24) is 5.32 Å². The maximum absolute atomic E-state index is 3.72. The molecule has 0 saturated heterocycles. The monoisotopic (exact) mass is 183 g/mol. The lowest BCUT2D eigenvalue weighted by atomic mass is 9.58. The second-order valence-corrected chi connectivity index (χ2v) is 6.31. The molecule has 1 unspecified atom stereocenters. The van der Waals surface area contributed by atoms with E-state index >= 15 is 0 Å². The second-order valence-electron chi connectivity index (χ2n) is 6.31. The van der Waals surface area contributed by atoms with E-state index in [1.54, 1.807) is 0 Å². The Balaban J connectivity index is 4.67. The Morgan fingerprint density at radius 2 is 1.38 bits per heavy atom. The van der Waals surface area contributed by atoms with E-state index in [0.717, 1.165) is 6.42 Å². The molecule has 0 rings (SSSR count). The molecule has 0 aliphatic heterocycles. The van der Waals surface area contributed by atoms with Crippen LogP contribution in [0.15, 0.2) is 0 Å². The fourth-order valence-electron chi connectivity index (χ4n) is 1.63. The molecule has 2 heteroatoms. The van der Waals surface area contributed by atoms with Gasteiger partial charge in [-0.3, -0.25) is 0 Å². The number of nitrogens with one attached hydrogen (secondary N) is 1. The van der Waals surface area contributed by atoms with Crippen LogP contribution in [0.5, 0.6) is 0 Å². The zero-order valence-corrected chi connectivity index (χ0v) is 10.7. The molecule has 0 aromatic rings. The highest BCUT2D eigenvalue weighted by atomic mass is 15.0. The van der Waals surface area contributed by atoms with Crippen molar-refractivity contribution in [3.8, 4) is 0 Å². The lowest BCUT2D eigenvalue weighted by molar-refractivity contribution is 0.203. The van der Waals surface area contributed by atoms with Crippen LogP contribution in [0.1, 0.15) is 54.9 Å². The molecule has 0 radical (unpaired) electrons. The molecule has 1 atom stereocenters. The van der Waals surface area contributed by atoms with Gasteiger partial charge in [0.05, 0.1) is 0 Å². The number of rotatable bonds is 3. The van der Waals surface area contributed by atoms with Crippen LogP contribution in [0, 0.1) is 0 Å². The summed E-state index contributed by atoms with van der Waals surface area (Å²) >= 11 is 0. The van der Waals surface area contributed by atoms with E-state index in [-0.39, 0.29) is 11.1 Å². The van der Waals surface area contributed by atoms with Crippen molar-refractivity contribution in [2.45, 2.75) is 71.3 Å². The van der Waals surface area contributed by atoms with Crippen LogP contribution < -0.4 is 5.32 Å². The molecule has 0 aromatic carbocycles. The molecule has 0 heterocycles. The van der Waals surface area contributed by atoms with Crippen molar-refractivity contribution in [3.63, 3.8) is 0 Å². The molecule has 0 aromatic heterocycles. The van der Waals surface area contributed by atoms with Crippen LogP contribution in [-0.2, 0) is 0 Å². The van der Waals surface area contributed by atoms with E-state index in [4.69, 9.17) is 0 Å². The van der Waals surface area contributed by atoms with Crippen LogP contribution in [0.2, 0.25) is 5.31 Å². The van der Waals surface area contributed by atoms with E-state index in [1.165, 1.54) is 0 Å². The molecule has 0 spiro atoms. The summed E-state index contributed by atoms with van der Waals surface area (Å²) in [5.74, 6) is 0. The van der Waals surface area contributed by atoms with Gasteiger partial charge in [0.15, 0.2) is 0 Å². The molecule has 13 heavy (non-hydrogen) atoms. The Bertz CT molecular complexity index is 164. The number of hydrogen-bond acceptors (Lipinski definition) is 1. The highest BCUT2D eigenvalue weighted by molar-refractivity contribution is 6.15. The minimum atomic E-state index is 0.192. The van der Waals surface area contributed by atoms with E-state index < -0.39 is 0 Å². The summed E-state index contributed by atoms with van der Waals surface area (Å²) in [6.07, 6.45) is 1.16. The third-order valence-corrected chi connectivity index (χ3v) is 3.01. The summed E-state index contributed by atoms with van der Waals surface area (Å²) in [6, 6.07) is 0. The summed E-state index contributed by atoms with van der Waals surface area (Å²) in [4.78, 5) is 0. The summed E-state index contributed by atoms with van der Waals surface area (Å²) in [5.41, 5.74) is 0.406. The summed E-state index contributed by atoms with van der Waals surface area (Å²) in [5, 5.41) is 4.02. The highest BCUT2D eigenvalue weighted by Crippen LogP contribution is 2.38. The van der Waals surface area contributed by atoms with Crippen molar-refractivity contribution in [2.24, 2.45) is 0 Å². The fraction of sp³-hybridized carbons (Fsp3) is 1.00. The first-order valence-electron chi connectivity index (χ1n) is 5.31. The van der Waals surface area contributed by atoms with E-state index in [0.29, 0.717) is 5.31 Å². The van der Waals surface area contributed by atoms with Gasteiger partial charge in [-0.2, -0.15) is 0 Å². The standard InChI is InChI=1S/C11H26BN/c1-8-11(7,10(5,6)12)13-9(2,3)4/h13H,8,12H2,1-7H3. The van der Waals surface area contributed by atoms with Crippen LogP contribution in [0.3, 0.4) is 0 Å². The SMILES string of the molecule is BC(C)(C)C(C)(CC)NC(C)(C)C. The zero-order valence-electron chi connectivity index (χ0n) is 10.7. The Morgan fingerprint density at radius 3 is 1.46 bits per heavy atom. The molecule has 0 fully saturated rings. The molecular weight excluding hydrogens is 157 g/mol. The summed E-state index contributed by atoms with van der Waals surface area (Å²) in [7, 11) is 2.30. The Hall–Kier alpha value is 0.0249. The number of hydrogen-bond donors (Lipinski definition) is 1. The fourth-order valence-corrected chi connectivity index (χ4v) is 1.63. The summed E-state index contributed by atoms with van der Waals surface area (Å²) in [6.45, 7) is 15.9. The molecule has 0 bridgehead atoms. The van der Waals surface area contributed by atoms with Crippen LogP contribution in [0.4, 0.5) is 0 Å². The molecule has 1 N–H and O–H groups in total. The quantitative estimate of drug-likeness (QED) is 0.662. The largest absolute Gasteiger partial charge is 0.307 e. The molecule has 78 valence electrons. The Morgan fingerprint density at radius 1 is 1.00 bits per heavy atom. The van der Waals surface area contributed by atoms with Crippen LogP contribution in [-0.4, -0.2) is 18.9 Å². The van der Waals surface area contributed by atoms with Gasteiger partial charge in [0.2, 0.25) is 0 Å². The van der Waals surface area contributed by atoms with Crippen LogP contribution in [0.25, 0.3) is 0 Å². The minimum absolute atomic E-state index is 0.192. The van der Waals surface area contributed by atoms with Gasteiger partial charge in [-0.25, -0.2) is 0 Å². The maximum atomic E-state index is 3.72. The van der Waals surface area contributed by atoms with Gasteiger partial charge in [-0.1, -0.05) is 20.8 Å². The minimum Gasteiger partial charge on any atom is -0.307 e. The van der Waals surface area contributed by atoms with E-state index in [2.05, 4.69) is 61.6 Å². The smallest absolute Gasteiger partial charge is 0.111 e. The zero-order chi connectivity index (χ0) is 10.9. The van der Waals surface area contributed by atoms with Crippen molar-refractivity contribution >= 4 is 7.85 Å². The Kier molecular flexibility index (Phi) is 3.65. The predicted molar refractivity (Wildman–Crippen MR) is 64.2 cm³/mol. The third-order valence-electron chi connectivity index (χ3n) is 3.01. The van der Waals surface area contributed by atoms with Gasteiger partial charge in [0.1, 0.15) is 7.85 Å². The normalized spacial score (nSPS) is 18.4.